The third kappa shape index (κ3) is 3.81. The number of rotatable bonds is 3. The van der Waals surface area contributed by atoms with Gasteiger partial charge in [-0.25, -0.2) is 0 Å². The predicted molar refractivity (Wildman–Crippen MR) is 201 cm³/mol. The number of furan rings is 1. The Bertz CT molecular complexity index is 2750. The zero-order valence-electron chi connectivity index (χ0n) is 26.3. The van der Waals surface area contributed by atoms with Crippen molar-refractivity contribution >= 4 is 83.6 Å². The van der Waals surface area contributed by atoms with Crippen molar-refractivity contribution < 1.29 is 13.9 Å². The minimum atomic E-state index is -0.0682. The van der Waals surface area contributed by atoms with E-state index in [0.29, 0.717) is 0 Å². The Morgan fingerprint density at radius 3 is 1.82 bits per heavy atom. The number of fused-ring (bicyclic) bond motifs is 11. The van der Waals surface area contributed by atoms with Gasteiger partial charge in [-0.15, -0.1) is 0 Å². The first kappa shape index (κ1) is 26.6. The van der Waals surface area contributed by atoms with Gasteiger partial charge >= 0.3 is 0 Å². The minimum Gasteiger partial charge on any atom is -0.458 e. The summed E-state index contributed by atoms with van der Waals surface area (Å²) >= 11 is 0. The zero-order chi connectivity index (χ0) is 32.1. The fourth-order valence-corrected chi connectivity index (χ4v) is 8.08. The zero-order valence-corrected chi connectivity index (χ0v) is 26.3. The van der Waals surface area contributed by atoms with E-state index in [1.54, 1.807) is 0 Å². The molecule has 0 bridgehead atoms. The number of benzene rings is 8. The molecule has 0 N–H and O–H groups in total. The maximum atomic E-state index is 6.88. The Hall–Kier alpha value is -6.46. The molecule has 49 heavy (non-hydrogen) atoms. The second-order valence-electron chi connectivity index (χ2n) is 12.8. The molecule has 0 radical (unpaired) electrons. The van der Waals surface area contributed by atoms with Gasteiger partial charge in [0.05, 0.1) is 5.69 Å². The van der Waals surface area contributed by atoms with Gasteiger partial charge in [-0.2, -0.15) is 0 Å². The Morgan fingerprint density at radius 1 is 0.429 bits per heavy atom. The molecule has 4 nitrogen and oxygen atoms in total. The summed E-state index contributed by atoms with van der Waals surface area (Å²) in [6, 6.07) is 55.1. The first-order valence-corrected chi connectivity index (χ1v) is 16.6. The van der Waals surface area contributed by atoms with Crippen LogP contribution in [0.5, 0.6) is 23.0 Å². The largest absolute Gasteiger partial charge is 0.458 e. The molecule has 0 spiro atoms. The van der Waals surface area contributed by atoms with Crippen molar-refractivity contribution in [2.24, 2.45) is 0 Å². The Morgan fingerprint density at radius 2 is 1.06 bits per heavy atom. The van der Waals surface area contributed by atoms with E-state index in [2.05, 4.69) is 150 Å². The summed E-state index contributed by atoms with van der Waals surface area (Å²) in [6.45, 7) is -0.0682. The molecule has 0 amide bonds. The van der Waals surface area contributed by atoms with E-state index >= 15 is 0 Å². The molecular formula is C44H26BNO3. The number of hydrogen-bond acceptors (Lipinski definition) is 4. The lowest BCUT2D eigenvalue weighted by molar-refractivity contribution is 0.465. The lowest BCUT2D eigenvalue weighted by Crippen LogP contribution is -2.57. The van der Waals surface area contributed by atoms with Crippen LogP contribution < -0.4 is 30.8 Å². The first-order chi connectivity index (χ1) is 24.3. The molecule has 0 aliphatic carbocycles. The van der Waals surface area contributed by atoms with Gasteiger partial charge in [0.1, 0.15) is 34.2 Å². The van der Waals surface area contributed by atoms with E-state index in [0.717, 1.165) is 89.2 Å². The highest BCUT2D eigenvalue weighted by Gasteiger charge is 2.41. The van der Waals surface area contributed by atoms with E-state index in [9.17, 15) is 0 Å². The van der Waals surface area contributed by atoms with E-state index in [1.165, 1.54) is 10.8 Å². The highest BCUT2D eigenvalue weighted by atomic mass is 16.5. The normalized spacial score (nSPS) is 12.8. The van der Waals surface area contributed by atoms with Crippen molar-refractivity contribution in [1.29, 1.82) is 0 Å². The quantitative estimate of drug-likeness (QED) is 0.183. The highest BCUT2D eigenvalue weighted by Crippen LogP contribution is 2.46. The molecule has 9 aromatic rings. The number of para-hydroxylation sites is 2. The number of nitrogens with zero attached hydrogens (tertiary/aromatic N) is 1. The number of ether oxygens (including phenoxy) is 2. The fourth-order valence-electron chi connectivity index (χ4n) is 8.08. The van der Waals surface area contributed by atoms with Crippen LogP contribution in [0.1, 0.15) is 0 Å². The van der Waals surface area contributed by atoms with Crippen LogP contribution in [0.15, 0.2) is 162 Å². The SMILES string of the molecule is c1ccc(N(c2ccccc2)c2cc3oc4cc5c(cc4c3c3ccccc23)Oc2cccc3c2B5c2c(ccc4ccccc24)O3)cc1. The Kier molecular flexibility index (Phi) is 5.44. The molecule has 11 rings (SSSR count). The van der Waals surface area contributed by atoms with E-state index in [4.69, 9.17) is 13.9 Å². The molecule has 0 unspecified atom stereocenters. The maximum Gasteiger partial charge on any atom is 0.261 e. The van der Waals surface area contributed by atoms with Crippen LogP contribution in [0, 0.1) is 0 Å². The van der Waals surface area contributed by atoms with Crippen LogP contribution in [0.25, 0.3) is 43.5 Å². The van der Waals surface area contributed by atoms with Gasteiger partial charge in [0.2, 0.25) is 0 Å². The minimum absolute atomic E-state index is 0.0682. The maximum absolute atomic E-state index is 6.88. The summed E-state index contributed by atoms with van der Waals surface area (Å²) in [5.74, 6) is 3.38. The molecule has 0 saturated heterocycles. The van der Waals surface area contributed by atoms with Crippen LogP contribution in [0.4, 0.5) is 17.1 Å². The van der Waals surface area contributed by atoms with Crippen molar-refractivity contribution in [3.8, 4) is 23.0 Å². The van der Waals surface area contributed by atoms with Gasteiger partial charge in [-0.3, -0.25) is 0 Å². The van der Waals surface area contributed by atoms with E-state index < -0.39 is 0 Å². The lowest BCUT2D eigenvalue weighted by Gasteiger charge is -2.33. The van der Waals surface area contributed by atoms with Gasteiger partial charge < -0.3 is 18.8 Å². The van der Waals surface area contributed by atoms with E-state index in [-0.39, 0.29) is 6.71 Å². The van der Waals surface area contributed by atoms with Crippen LogP contribution in [-0.2, 0) is 0 Å². The summed E-state index contributed by atoms with van der Waals surface area (Å²) in [5.41, 5.74) is 8.18. The van der Waals surface area contributed by atoms with Crippen molar-refractivity contribution in [2.45, 2.75) is 0 Å². The predicted octanol–water partition coefficient (Wildman–Crippen LogP) is 10.1. The smallest absolute Gasteiger partial charge is 0.261 e. The molecule has 8 aromatic carbocycles. The molecule has 0 saturated carbocycles. The monoisotopic (exact) mass is 627 g/mol. The standard InChI is InChI=1S/C44H26BNO3/c1-3-13-28(14-4-1)46(29-15-5-2-6-16-29)35-26-41-42(32-19-10-9-18-31(32)35)33-24-40-34(25-39(33)49-41)45-43-30-17-8-7-12-27(30)22-23-38(43)47-36-20-11-21-37(48-40)44(36)45/h1-26H. The second-order valence-corrected chi connectivity index (χ2v) is 12.8. The third-order valence-electron chi connectivity index (χ3n) is 10.1. The molecule has 0 atom stereocenters. The van der Waals surface area contributed by atoms with Crippen LogP contribution >= 0.6 is 0 Å². The average Bonchev–Trinajstić information content (AvgIpc) is 3.52. The summed E-state index contributed by atoms with van der Waals surface area (Å²) < 4.78 is 20.1. The highest BCUT2D eigenvalue weighted by molar-refractivity contribution is 6.99. The van der Waals surface area contributed by atoms with Crippen molar-refractivity contribution in [1.82, 2.24) is 0 Å². The summed E-state index contributed by atoms with van der Waals surface area (Å²) in [4.78, 5) is 2.31. The van der Waals surface area contributed by atoms with Gasteiger partial charge in [-0.05, 0) is 81.7 Å². The number of hydrogen-bond donors (Lipinski definition) is 0. The molecule has 228 valence electrons. The Labute approximate surface area is 282 Å². The molecular weight excluding hydrogens is 601 g/mol. The Balaban J connectivity index is 1.19. The average molecular weight is 628 g/mol. The van der Waals surface area contributed by atoms with Gasteiger partial charge in [0, 0.05) is 39.1 Å². The summed E-state index contributed by atoms with van der Waals surface area (Å²) in [5, 5.41) is 6.76. The second kappa shape index (κ2) is 10.0. The third-order valence-corrected chi connectivity index (χ3v) is 10.1. The molecule has 1 aromatic heterocycles. The summed E-state index contributed by atoms with van der Waals surface area (Å²) in [6.07, 6.45) is 0. The first-order valence-electron chi connectivity index (χ1n) is 16.6. The van der Waals surface area contributed by atoms with Crippen molar-refractivity contribution in [2.75, 3.05) is 4.90 Å². The molecule has 0 fully saturated rings. The molecule has 3 heterocycles. The fraction of sp³-hybridized carbons (Fsp3) is 0. The molecule has 2 aliphatic heterocycles. The van der Waals surface area contributed by atoms with E-state index in [1.807, 2.05) is 12.1 Å². The number of anilines is 3. The van der Waals surface area contributed by atoms with Crippen LogP contribution in [-0.4, -0.2) is 6.71 Å². The summed E-state index contributed by atoms with van der Waals surface area (Å²) in [7, 11) is 0. The van der Waals surface area contributed by atoms with Crippen molar-refractivity contribution in [3.05, 3.63) is 158 Å². The van der Waals surface area contributed by atoms with Gasteiger partial charge in [0.25, 0.3) is 6.71 Å². The van der Waals surface area contributed by atoms with Gasteiger partial charge in [-0.1, -0.05) is 97.1 Å². The van der Waals surface area contributed by atoms with Crippen LogP contribution in [0.2, 0.25) is 0 Å². The molecule has 2 aliphatic rings. The topological polar surface area (TPSA) is 34.8 Å². The van der Waals surface area contributed by atoms with Crippen molar-refractivity contribution in [3.63, 3.8) is 0 Å². The molecule has 5 heteroatoms. The van der Waals surface area contributed by atoms with Gasteiger partial charge in [0.15, 0.2) is 0 Å². The lowest BCUT2D eigenvalue weighted by atomic mass is 9.34. The van der Waals surface area contributed by atoms with Crippen LogP contribution in [0.3, 0.4) is 0 Å².